The quantitative estimate of drug-likeness (QED) is 0.218. The molecule has 1 saturated heterocycles. The number of methoxy groups -OCH3 is 1. The number of amides is 2. The summed E-state index contributed by atoms with van der Waals surface area (Å²) in [7, 11) is 1.20. The number of hydrogen-bond donors (Lipinski definition) is 2. The van der Waals surface area contributed by atoms with Gasteiger partial charge < -0.3 is 34.3 Å². The Bertz CT molecular complexity index is 972. The molecule has 0 saturated carbocycles. The second kappa shape index (κ2) is 12.9. The van der Waals surface area contributed by atoms with Crippen molar-refractivity contribution >= 4 is 30.2 Å². The lowest BCUT2D eigenvalue weighted by molar-refractivity contribution is -0.204. The molecule has 0 aliphatic carbocycles. The Morgan fingerprint density at radius 3 is 2.42 bits per heavy atom. The molecule has 36 heavy (non-hydrogen) atoms. The number of carbonyl (C=O) groups is 5. The van der Waals surface area contributed by atoms with Gasteiger partial charge in [0, 0.05) is 38.4 Å². The summed E-state index contributed by atoms with van der Waals surface area (Å²) in [6.45, 7) is 6.61. The molecule has 12 heteroatoms. The van der Waals surface area contributed by atoms with Gasteiger partial charge in [-0.1, -0.05) is 0 Å². The Hall–Kier alpha value is -3.67. The lowest BCUT2D eigenvalue weighted by Crippen LogP contribution is -2.44. The second-order valence-electron chi connectivity index (χ2n) is 8.96. The summed E-state index contributed by atoms with van der Waals surface area (Å²) in [6.07, 6.45) is -2.61. The van der Waals surface area contributed by atoms with Crippen molar-refractivity contribution in [3.05, 3.63) is 29.3 Å². The Kier molecular flexibility index (Phi) is 10.2. The molecule has 1 fully saturated rings. The maximum Gasteiger partial charge on any atom is 0.407 e. The van der Waals surface area contributed by atoms with Crippen LogP contribution in [0.1, 0.15) is 61.3 Å². The summed E-state index contributed by atoms with van der Waals surface area (Å²) in [4.78, 5) is 59.3. The van der Waals surface area contributed by atoms with Gasteiger partial charge >= 0.3 is 18.0 Å². The van der Waals surface area contributed by atoms with E-state index in [1.807, 2.05) is 0 Å². The molecule has 3 atom stereocenters. The van der Waals surface area contributed by atoms with Crippen LogP contribution in [0.4, 0.5) is 4.79 Å². The predicted molar refractivity (Wildman–Crippen MR) is 124 cm³/mol. The molecule has 1 aromatic rings. The van der Waals surface area contributed by atoms with Crippen LogP contribution in [0.3, 0.4) is 0 Å². The lowest BCUT2D eigenvalue weighted by Gasteiger charge is -2.33. The topological polar surface area (TPSA) is 156 Å². The molecule has 12 nitrogen and oxygen atoms in total. The molecule has 0 radical (unpaired) electrons. The fourth-order valence-corrected chi connectivity index (χ4v) is 3.33. The summed E-state index contributed by atoms with van der Waals surface area (Å²) < 4.78 is 26.6. The van der Waals surface area contributed by atoms with Gasteiger partial charge in [0.2, 0.25) is 6.29 Å². The summed E-state index contributed by atoms with van der Waals surface area (Å²) >= 11 is 0. The highest BCUT2D eigenvalue weighted by Crippen LogP contribution is 2.28. The average Bonchev–Trinajstić information content (AvgIpc) is 2.79. The molecule has 2 amide bonds. The van der Waals surface area contributed by atoms with E-state index >= 15 is 0 Å². The van der Waals surface area contributed by atoms with Gasteiger partial charge in [-0.2, -0.15) is 0 Å². The highest BCUT2D eigenvalue weighted by molar-refractivity contribution is 5.98. The fraction of sp³-hybridized carbons (Fsp3) is 0.542. The molecule has 1 aliphatic rings. The Morgan fingerprint density at radius 2 is 1.81 bits per heavy atom. The standard InChI is InChI=1S/C24H32N2O10/c1-14(28)33-16-11-19(22(30)32-5)35-20(12-16)34-18-7-6-15(13-27)10-17(18)21(29)25-8-9-26-23(31)36-24(2,3)4/h6-7,10,13,16,19-20H,8-9,11-12H2,1-5H3,(H,25,29)(H,26,31). The monoisotopic (exact) mass is 508 g/mol. The van der Waals surface area contributed by atoms with Crippen molar-refractivity contribution < 1.29 is 47.7 Å². The molecule has 0 bridgehead atoms. The van der Waals surface area contributed by atoms with Crippen molar-refractivity contribution in [2.24, 2.45) is 0 Å². The van der Waals surface area contributed by atoms with Crippen LogP contribution in [0.25, 0.3) is 0 Å². The lowest BCUT2D eigenvalue weighted by atomic mass is 10.0. The van der Waals surface area contributed by atoms with E-state index in [-0.39, 0.29) is 42.8 Å². The second-order valence-corrected chi connectivity index (χ2v) is 8.96. The zero-order valence-corrected chi connectivity index (χ0v) is 21.0. The third-order valence-corrected chi connectivity index (χ3v) is 4.77. The van der Waals surface area contributed by atoms with E-state index in [1.165, 1.54) is 32.2 Å². The van der Waals surface area contributed by atoms with Gasteiger partial charge in [-0.05, 0) is 39.0 Å². The number of aldehydes is 1. The van der Waals surface area contributed by atoms with E-state index in [0.29, 0.717) is 6.29 Å². The van der Waals surface area contributed by atoms with Crippen molar-refractivity contribution in [3.8, 4) is 5.75 Å². The van der Waals surface area contributed by atoms with Crippen LogP contribution in [0.5, 0.6) is 5.75 Å². The van der Waals surface area contributed by atoms with Crippen molar-refractivity contribution in [1.29, 1.82) is 0 Å². The minimum atomic E-state index is -1.05. The fourth-order valence-electron chi connectivity index (χ4n) is 3.33. The Balaban J connectivity index is 2.10. The smallest absolute Gasteiger partial charge is 0.407 e. The molecule has 0 spiro atoms. The third-order valence-electron chi connectivity index (χ3n) is 4.77. The first-order chi connectivity index (χ1) is 16.9. The van der Waals surface area contributed by atoms with Crippen LogP contribution >= 0.6 is 0 Å². The largest absolute Gasteiger partial charge is 0.467 e. The maximum absolute atomic E-state index is 12.8. The number of nitrogens with one attached hydrogen (secondary N) is 2. The molecular formula is C24H32N2O10. The number of ether oxygens (including phenoxy) is 5. The van der Waals surface area contributed by atoms with Crippen LogP contribution in [0, 0.1) is 0 Å². The highest BCUT2D eigenvalue weighted by atomic mass is 16.7. The highest BCUT2D eigenvalue weighted by Gasteiger charge is 2.37. The van der Waals surface area contributed by atoms with Gasteiger partial charge in [0.1, 0.15) is 23.7 Å². The SMILES string of the molecule is COC(=O)C1CC(OC(C)=O)CC(Oc2ccc(C=O)cc2C(=O)NCCNC(=O)OC(C)(C)C)O1. The van der Waals surface area contributed by atoms with Crippen LogP contribution < -0.4 is 15.4 Å². The zero-order valence-electron chi connectivity index (χ0n) is 21.0. The van der Waals surface area contributed by atoms with E-state index < -0.39 is 48.0 Å². The van der Waals surface area contributed by atoms with Gasteiger partial charge in [0.05, 0.1) is 12.7 Å². The number of benzene rings is 1. The van der Waals surface area contributed by atoms with E-state index in [9.17, 15) is 24.0 Å². The van der Waals surface area contributed by atoms with Gasteiger partial charge in [0.15, 0.2) is 6.10 Å². The number of rotatable bonds is 9. The van der Waals surface area contributed by atoms with Crippen molar-refractivity contribution in [1.82, 2.24) is 10.6 Å². The predicted octanol–water partition coefficient (Wildman–Crippen LogP) is 1.74. The first kappa shape index (κ1) is 28.6. The molecule has 198 valence electrons. The molecule has 1 heterocycles. The van der Waals surface area contributed by atoms with Gasteiger partial charge in [-0.25, -0.2) is 9.59 Å². The van der Waals surface area contributed by atoms with Crippen LogP contribution in [0.2, 0.25) is 0 Å². The Labute approximate surface area is 208 Å². The minimum absolute atomic E-state index is 0.0321. The van der Waals surface area contributed by atoms with Crippen LogP contribution in [-0.2, 0) is 28.5 Å². The maximum atomic E-state index is 12.8. The van der Waals surface area contributed by atoms with Crippen LogP contribution in [-0.4, -0.2) is 74.5 Å². The average molecular weight is 509 g/mol. The molecule has 2 rings (SSSR count). The summed E-state index contributed by atoms with van der Waals surface area (Å²) in [5, 5.41) is 5.15. The number of carbonyl (C=O) groups excluding carboxylic acids is 5. The summed E-state index contributed by atoms with van der Waals surface area (Å²) in [5.41, 5.74) is -0.393. The van der Waals surface area contributed by atoms with E-state index in [4.69, 9.17) is 23.7 Å². The first-order valence-corrected chi connectivity index (χ1v) is 11.3. The summed E-state index contributed by atoms with van der Waals surface area (Å²) in [6, 6.07) is 4.21. The number of hydrogen-bond acceptors (Lipinski definition) is 10. The van der Waals surface area contributed by atoms with Crippen molar-refractivity contribution in [3.63, 3.8) is 0 Å². The van der Waals surface area contributed by atoms with Gasteiger partial charge in [-0.3, -0.25) is 14.4 Å². The van der Waals surface area contributed by atoms with Crippen molar-refractivity contribution in [2.45, 2.75) is 64.6 Å². The molecule has 1 aromatic carbocycles. The first-order valence-electron chi connectivity index (χ1n) is 11.3. The third kappa shape index (κ3) is 9.17. The number of esters is 2. The summed E-state index contributed by atoms with van der Waals surface area (Å²) in [5.74, 6) is -1.68. The molecular weight excluding hydrogens is 476 g/mol. The number of alkyl carbamates (subject to hydrolysis) is 1. The van der Waals surface area contributed by atoms with E-state index in [1.54, 1.807) is 20.8 Å². The normalized spacial score (nSPS) is 19.4. The van der Waals surface area contributed by atoms with Gasteiger partial charge in [0.25, 0.3) is 5.91 Å². The Morgan fingerprint density at radius 1 is 1.11 bits per heavy atom. The van der Waals surface area contributed by atoms with Gasteiger partial charge in [-0.15, -0.1) is 0 Å². The minimum Gasteiger partial charge on any atom is -0.467 e. The van der Waals surface area contributed by atoms with Crippen molar-refractivity contribution in [2.75, 3.05) is 20.2 Å². The molecule has 1 aliphatic heterocycles. The van der Waals surface area contributed by atoms with Crippen LogP contribution in [0.15, 0.2) is 18.2 Å². The molecule has 2 N–H and O–H groups in total. The molecule has 3 unspecified atom stereocenters. The van der Waals surface area contributed by atoms with E-state index in [2.05, 4.69) is 10.6 Å². The zero-order chi connectivity index (χ0) is 26.9. The van der Waals surface area contributed by atoms with E-state index in [0.717, 1.165) is 0 Å². The molecule has 0 aromatic heterocycles.